The fraction of sp³-hybridized carbons (Fsp3) is 0.360. The number of Topliss-reactive ketones (excluding diaryl/α,β-unsaturated/α-hetero) is 1. The molecule has 0 spiro atoms. The van der Waals surface area contributed by atoms with Crippen LogP contribution in [-0.2, 0) is 9.59 Å². The van der Waals surface area contributed by atoms with E-state index in [0.717, 1.165) is 18.7 Å². The summed E-state index contributed by atoms with van der Waals surface area (Å²) in [6, 6.07) is 11.1. The van der Waals surface area contributed by atoms with Gasteiger partial charge in [0.1, 0.15) is 17.3 Å². The predicted molar refractivity (Wildman–Crippen MR) is 123 cm³/mol. The van der Waals surface area contributed by atoms with Crippen LogP contribution in [0.15, 0.2) is 48.0 Å². The normalized spacial score (nSPS) is 17.9. The average molecular weight is 439 g/mol. The van der Waals surface area contributed by atoms with Gasteiger partial charge in [0.2, 0.25) is 0 Å². The molecule has 32 heavy (non-hydrogen) atoms. The number of hydrogen-bond acceptors (Lipinski definition) is 6. The first-order valence-corrected chi connectivity index (χ1v) is 10.8. The minimum Gasteiger partial charge on any atom is -0.507 e. The van der Waals surface area contributed by atoms with Gasteiger partial charge in [0.05, 0.1) is 24.3 Å². The van der Waals surface area contributed by atoms with Gasteiger partial charge in [-0.3, -0.25) is 9.59 Å². The van der Waals surface area contributed by atoms with Crippen LogP contribution < -0.4 is 4.74 Å². The van der Waals surface area contributed by atoms with Crippen molar-refractivity contribution < 1.29 is 24.5 Å². The second-order valence-corrected chi connectivity index (χ2v) is 7.82. The molecule has 0 radical (unpaired) electrons. The summed E-state index contributed by atoms with van der Waals surface area (Å²) in [6.07, 6.45) is 0. The number of phenolic OH excluding ortho intramolecular Hbond substituents is 1. The zero-order valence-electron chi connectivity index (χ0n) is 19.0. The maximum Gasteiger partial charge on any atom is 0.295 e. The molecule has 1 atom stereocenters. The van der Waals surface area contributed by atoms with Gasteiger partial charge in [0.25, 0.3) is 11.7 Å². The molecule has 1 aliphatic heterocycles. The van der Waals surface area contributed by atoms with E-state index < -0.39 is 17.7 Å². The van der Waals surface area contributed by atoms with E-state index >= 15 is 0 Å². The standard InChI is InChI=1S/C25H30N2O5/c1-5-26(6-2)12-13-27-22(17-8-7-9-18(15-17)32-4)21(24(30)25(27)31)23(29)19-14-16(3)10-11-20(19)28/h7-11,14-15,22,28-29H,5-6,12-13H2,1-4H3/t22-/m1/s1. The van der Waals surface area contributed by atoms with Gasteiger partial charge in [-0.2, -0.15) is 0 Å². The third-order valence-corrected chi connectivity index (χ3v) is 5.91. The third kappa shape index (κ3) is 4.48. The number of carbonyl (C=O) groups is 2. The maximum absolute atomic E-state index is 13.1. The number of likely N-dealkylation sites (tertiary alicyclic amines) is 1. The lowest BCUT2D eigenvalue weighted by molar-refractivity contribution is -0.140. The van der Waals surface area contributed by atoms with Gasteiger partial charge in [0.15, 0.2) is 0 Å². The molecular weight excluding hydrogens is 408 g/mol. The highest BCUT2D eigenvalue weighted by Gasteiger charge is 2.46. The van der Waals surface area contributed by atoms with Crippen LogP contribution in [0.2, 0.25) is 0 Å². The Morgan fingerprint density at radius 1 is 1.12 bits per heavy atom. The number of ether oxygens (including phenoxy) is 1. The van der Waals surface area contributed by atoms with Gasteiger partial charge < -0.3 is 24.7 Å². The molecule has 2 aromatic rings. The molecule has 1 amide bonds. The lowest BCUT2D eigenvalue weighted by atomic mass is 9.94. The van der Waals surface area contributed by atoms with E-state index in [1.54, 1.807) is 43.5 Å². The largest absolute Gasteiger partial charge is 0.507 e. The first-order chi connectivity index (χ1) is 15.3. The van der Waals surface area contributed by atoms with Crippen LogP contribution in [0.3, 0.4) is 0 Å². The fourth-order valence-electron chi connectivity index (χ4n) is 4.04. The number of likely N-dealkylation sites (N-methyl/N-ethyl adjacent to an activating group) is 1. The van der Waals surface area contributed by atoms with Crippen molar-refractivity contribution in [2.45, 2.75) is 26.8 Å². The summed E-state index contributed by atoms with van der Waals surface area (Å²) in [6.45, 7) is 8.46. The van der Waals surface area contributed by atoms with Crippen molar-refractivity contribution in [1.82, 2.24) is 9.80 Å². The Balaban J connectivity index is 2.16. The zero-order valence-corrected chi connectivity index (χ0v) is 19.0. The van der Waals surface area contributed by atoms with Crippen LogP contribution in [0.5, 0.6) is 11.5 Å². The van der Waals surface area contributed by atoms with Crippen LogP contribution in [0, 0.1) is 6.92 Å². The quantitative estimate of drug-likeness (QED) is 0.373. The number of ketones is 1. The smallest absolute Gasteiger partial charge is 0.295 e. The number of phenols is 1. The summed E-state index contributed by atoms with van der Waals surface area (Å²) in [4.78, 5) is 29.8. The van der Waals surface area contributed by atoms with Crippen LogP contribution in [0.4, 0.5) is 0 Å². The highest BCUT2D eigenvalue weighted by Crippen LogP contribution is 2.41. The number of nitrogens with zero attached hydrogens (tertiary/aromatic N) is 2. The third-order valence-electron chi connectivity index (χ3n) is 5.91. The van der Waals surface area contributed by atoms with Gasteiger partial charge in [-0.1, -0.05) is 37.6 Å². The van der Waals surface area contributed by atoms with E-state index in [-0.39, 0.29) is 22.6 Å². The number of aliphatic hydroxyl groups is 1. The minimum absolute atomic E-state index is 0.0382. The number of aliphatic hydroxyl groups excluding tert-OH is 1. The molecule has 0 saturated carbocycles. The molecular formula is C25H30N2O5. The van der Waals surface area contributed by atoms with Crippen molar-refractivity contribution in [2.24, 2.45) is 0 Å². The van der Waals surface area contributed by atoms with Crippen molar-refractivity contribution in [1.29, 1.82) is 0 Å². The van der Waals surface area contributed by atoms with Crippen molar-refractivity contribution >= 4 is 17.4 Å². The van der Waals surface area contributed by atoms with Crippen LogP contribution in [-0.4, -0.2) is 65.0 Å². The second kappa shape index (κ2) is 9.87. The van der Waals surface area contributed by atoms with Gasteiger partial charge >= 0.3 is 0 Å². The zero-order chi connectivity index (χ0) is 23.4. The van der Waals surface area contributed by atoms with E-state index in [4.69, 9.17) is 4.74 Å². The fourth-order valence-corrected chi connectivity index (χ4v) is 4.04. The molecule has 170 valence electrons. The SMILES string of the molecule is CCN(CC)CCN1C(=O)C(=O)C(=C(O)c2cc(C)ccc2O)[C@H]1c1cccc(OC)c1. The molecule has 2 N–H and O–H groups in total. The molecule has 7 heteroatoms. The minimum atomic E-state index is -0.791. The summed E-state index contributed by atoms with van der Waals surface area (Å²) in [5, 5.41) is 21.5. The monoisotopic (exact) mass is 438 g/mol. The van der Waals surface area contributed by atoms with Crippen molar-refractivity contribution in [3.05, 3.63) is 64.7 Å². The van der Waals surface area contributed by atoms with E-state index in [9.17, 15) is 19.8 Å². The number of amides is 1. The van der Waals surface area contributed by atoms with Crippen molar-refractivity contribution in [3.63, 3.8) is 0 Å². The molecule has 0 aromatic heterocycles. The lowest BCUT2D eigenvalue weighted by Crippen LogP contribution is -2.38. The average Bonchev–Trinajstić information content (AvgIpc) is 3.05. The Morgan fingerprint density at radius 2 is 1.84 bits per heavy atom. The summed E-state index contributed by atoms with van der Waals surface area (Å²) in [5.74, 6) is -1.40. The molecule has 0 unspecified atom stereocenters. The Hall–Kier alpha value is -3.32. The van der Waals surface area contributed by atoms with Gasteiger partial charge in [-0.15, -0.1) is 0 Å². The number of carbonyl (C=O) groups excluding carboxylic acids is 2. The van der Waals surface area contributed by atoms with Gasteiger partial charge in [0, 0.05) is 13.1 Å². The van der Waals surface area contributed by atoms with E-state index in [1.807, 2.05) is 20.8 Å². The van der Waals surface area contributed by atoms with Gasteiger partial charge in [-0.25, -0.2) is 0 Å². The Morgan fingerprint density at radius 3 is 2.50 bits per heavy atom. The molecule has 3 rings (SSSR count). The number of aryl methyl sites for hydroxylation is 1. The number of hydrogen-bond donors (Lipinski definition) is 2. The molecule has 1 saturated heterocycles. The Labute approximate surface area is 188 Å². The molecule has 1 heterocycles. The summed E-state index contributed by atoms with van der Waals surface area (Å²) < 4.78 is 5.34. The van der Waals surface area contributed by atoms with Crippen molar-refractivity contribution in [2.75, 3.05) is 33.3 Å². The lowest BCUT2D eigenvalue weighted by Gasteiger charge is -2.28. The molecule has 2 aromatic carbocycles. The molecule has 1 aliphatic rings. The van der Waals surface area contributed by atoms with E-state index in [0.29, 0.717) is 24.4 Å². The molecule has 7 nitrogen and oxygen atoms in total. The Bertz CT molecular complexity index is 1040. The van der Waals surface area contributed by atoms with Crippen LogP contribution in [0.25, 0.3) is 5.76 Å². The van der Waals surface area contributed by atoms with E-state index in [2.05, 4.69) is 4.90 Å². The number of methoxy groups -OCH3 is 1. The first-order valence-electron chi connectivity index (χ1n) is 10.8. The Kier molecular flexibility index (Phi) is 7.20. The van der Waals surface area contributed by atoms with Gasteiger partial charge in [-0.05, 0) is 49.8 Å². The topological polar surface area (TPSA) is 90.3 Å². The predicted octanol–water partition coefficient (Wildman–Crippen LogP) is 3.47. The van der Waals surface area contributed by atoms with E-state index in [1.165, 1.54) is 11.0 Å². The molecule has 0 aliphatic carbocycles. The van der Waals surface area contributed by atoms with Crippen LogP contribution in [0.1, 0.15) is 36.6 Å². The summed E-state index contributed by atoms with van der Waals surface area (Å²) in [5.41, 5.74) is 1.54. The maximum atomic E-state index is 13.1. The van der Waals surface area contributed by atoms with Crippen molar-refractivity contribution in [3.8, 4) is 11.5 Å². The first kappa shape index (κ1) is 23.3. The summed E-state index contributed by atoms with van der Waals surface area (Å²) in [7, 11) is 1.54. The molecule has 1 fully saturated rings. The number of rotatable bonds is 8. The molecule has 0 bridgehead atoms. The van der Waals surface area contributed by atoms with Crippen LogP contribution >= 0.6 is 0 Å². The number of aromatic hydroxyl groups is 1. The summed E-state index contributed by atoms with van der Waals surface area (Å²) >= 11 is 0. The number of benzene rings is 2. The highest BCUT2D eigenvalue weighted by molar-refractivity contribution is 6.46. The second-order valence-electron chi connectivity index (χ2n) is 7.82. The highest BCUT2D eigenvalue weighted by atomic mass is 16.5.